The van der Waals surface area contributed by atoms with Gasteiger partial charge in [0, 0.05) is 5.56 Å². The molecule has 0 aromatic heterocycles. The first kappa shape index (κ1) is 17.0. The Morgan fingerprint density at radius 2 is 1.35 bits per heavy atom. The summed E-state index contributed by atoms with van der Waals surface area (Å²) in [6, 6.07) is 25.0. The molecule has 2 N–H and O–H groups in total. The lowest BCUT2D eigenvalue weighted by molar-refractivity contribution is 0.0696. The molecule has 6 heteroatoms. The van der Waals surface area contributed by atoms with Gasteiger partial charge in [0.05, 0.1) is 16.9 Å². The lowest BCUT2D eigenvalue weighted by Gasteiger charge is -2.06. The summed E-state index contributed by atoms with van der Waals surface area (Å²) >= 11 is 0. The second-order valence-electron chi connectivity index (χ2n) is 5.30. The highest BCUT2D eigenvalue weighted by Gasteiger charge is 2.14. The van der Waals surface area contributed by atoms with Crippen LogP contribution in [0.1, 0.15) is 15.9 Å². The van der Waals surface area contributed by atoms with Crippen molar-refractivity contribution < 1.29 is 9.90 Å². The van der Waals surface area contributed by atoms with Gasteiger partial charge in [0.1, 0.15) is 0 Å². The van der Waals surface area contributed by atoms with Crippen LogP contribution in [0, 0.1) is 0 Å². The quantitative estimate of drug-likeness (QED) is 0.297. The van der Waals surface area contributed by atoms with Crippen molar-refractivity contribution in [1.82, 2.24) is 0 Å². The van der Waals surface area contributed by atoms with E-state index in [-0.39, 0.29) is 11.4 Å². The van der Waals surface area contributed by atoms with Crippen LogP contribution in [0.2, 0.25) is 0 Å². The van der Waals surface area contributed by atoms with Crippen LogP contribution in [0.3, 0.4) is 0 Å². The number of aromatic carboxylic acids is 1. The van der Waals surface area contributed by atoms with E-state index in [1.54, 1.807) is 30.3 Å². The zero-order chi connectivity index (χ0) is 18.2. The Morgan fingerprint density at radius 1 is 0.769 bits per heavy atom. The fourth-order valence-electron chi connectivity index (χ4n) is 2.23. The molecule has 0 aliphatic rings. The highest BCUT2D eigenvalue weighted by molar-refractivity contribution is 6.07. The van der Waals surface area contributed by atoms with Crippen molar-refractivity contribution in [2.45, 2.75) is 0 Å². The molecule has 0 bridgehead atoms. The minimum absolute atomic E-state index is 0.105. The van der Waals surface area contributed by atoms with Crippen molar-refractivity contribution >= 4 is 23.2 Å². The van der Waals surface area contributed by atoms with Crippen molar-refractivity contribution in [2.24, 2.45) is 15.3 Å². The number of para-hydroxylation sites is 1. The smallest absolute Gasteiger partial charge is 0.336 e. The van der Waals surface area contributed by atoms with Crippen LogP contribution in [0.4, 0.5) is 11.4 Å². The average molecular weight is 344 g/mol. The molecular formula is C20H16N4O2. The van der Waals surface area contributed by atoms with Crippen LogP contribution < -0.4 is 5.43 Å². The number of hydrogen-bond donors (Lipinski definition) is 2. The van der Waals surface area contributed by atoms with Crippen molar-refractivity contribution in [2.75, 3.05) is 5.43 Å². The first-order valence-corrected chi connectivity index (χ1v) is 7.92. The van der Waals surface area contributed by atoms with Gasteiger partial charge in [0.25, 0.3) is 0 Å². The van der Waals surface area contributed by atoms with E-state index in [9.17, 15) is 9.90 Å². The van der Waals surface area contributed by atoms with E-state index in [0.29, 0.717) is 11.3 Å². The standard InChI is InChI=1S/C20H16N4O2/c25-20(26)18-14-8-7-13-17(18)19(23-21-15-9-3-1-4-10-15)24-22-16-11-5-2-6-12-16/h1-14,21H,(H,25,26)/b23-19+,24-22?. The first-order chi connectivity index (χ1) is 12.7. The fourth-order valence-corrected chi connectivity index (χ4v) is 2.23. The fraction of sp³-hybridized carbons (Fsp3) is 0. The summed E-state index contributed by atoms with van der Waals surface area (Å²) in [4.78, 5) is 11.5. The molecule has 0 unspecified atom stereocenters. The minimum atomic E-state index is -1.05. The van der Waals surface area contributed by atoms with E-state index in [2.05, 4.69) is 20.8 Å². The minimum Gasteiger partial charge on any atom is -0.478 e. The largest absolute Gasteiger partial charge is 0.478 e. The molecule has 26 heavy (non-hydrogen) atoms. The number of azo groups is 1. The second-order valence-corrected chi connectivity index (χ2v) is 5.30. The second kappa shape index (κ2) is 8.34. The van der Waals surface area contributed by atoms with Crippen LogP contribution in [-0.2, 0) is 0 Å². The topological polar surface area (TPSA) is 86.4 Å². The third-order valence-electron chi connectivity index (χ3n) is 3.48. The maximum atomic E-state index is 11.5. The van der Waals surface area contributed by atoms with E-state index in [0.717, 1.165) is 5.69 Å². The number of hydrazone groups is 1. The first-order valence-electron chi connectivity index (χ1n) is 7.92. The van der Waals surface area contributed by atoms with Gasteiger partial charge in [-0.05, 0) is 30.3 Å². The monoisotopic (exact) mass is 344 g/mol. The van der Waals surface area contributed by atoms with Crippen LogP contribution in [0.5, 0.6) is 0 Å². The third kappa shape index (κ3) is 4.39. The van der Waals surface area contributed by atoms with Crippen molar-refractivity contribution in [1.29, 1.82) is 0 Å². The van der Waals surface area contributed by atoms with Crippen molar-refractivity contribution in [3.63, 3.8) is 0 Å². The van der Waals surface area contributed by atoms with Gasteiger partial charge in [-0.2, -0.15) is 5.10 Å². The molecule has 0 saturated carbocycles. The molecule has 3 aromatic rings. The highest BCUT2D eigenvalue weighted by Crippen LogP contribution is 2.16. The van der Waals surface area contributed by atoms with Gasteiger partial charge in [0.2, 0.25) is 5.84 Å². The molecule has 3 rings (SSSR count). The van der Waals surface area contributed by atoms with Gasteiger partial charge < -0.3 is 5.11 Å². The van der Waals surface area contributed by atoms with E-state index in [1.165, 1.54) is 6.07 Å². The summed E-state index contributed by atoms with van der Waals surface area (Å²) in [6.07, 6.45) is 0. The maximum absolute atomic E-state index is 11.5. The number of carbonyl (C=O) groups is 1. The number of benzene rings is 3. The molecule has 3 aromatic carbocycles. The van der Waals surface area contributed by atoms with Crippen LogP contribution >= 0.6 is 0 Å². The summed E-state index contributed by atoms with van der Waals surface area (Å²) in [7, 11) is 0. The Morgan fingerprint density at radius 3 is 2.00 bits per heavy atom. The molecule has 0 atom stereocenters. The molecular weight excluding hydrogens is 328 g/mol. The Bertz CT molecular complexity index is 938. The van der Waals surface area contributed by atoms with E-state index in [1.807, 2.05) is 48.5 Å². The van der Waals surface area contributed by atoms with E-state index < -0.39 is 5.97 Å². The molecule has 0 spiro atoms. The summed E-state index contributed by atoms with van der Waals surface area (Å²) in [5, 5.41) is 22.0. The number of nitrogens with zero attached hydrogens (tertiary/aromatic N) is 3. The molecule has 0 heterocycles. The predicted molar refractivity (Wildman–Crippen MR) is 101 cm³/mol. The average Bonchev–Trinajstić information content (AvgIpc) is 2.69. The van der Waals surface area contributed by atoms with Gasteiger partial charge in [-0.15, -0.1) is 10.2 Å². The molecule has 0 saturated heterocycles. The normalized spacial score (nSPS) is 11.5. The lowest BCUT2D eigenvalue weighted by atomic mass is 10.1. The molecule has 0 aliphatic heterocycles. The summed E-state index contributed by atoms with van der Waals surface area (Å²) in [5.74, 6) is -0.876. The number of anilines is 1. The van der Waals surface area contributed by atoms with Gasteiger partial charge in [-0.25, -0.2) is 4.79 Å². The Balaban J connectivity index is 1.99. The number of hydrogen-bond acceptors (Lipinski definition) is 4. The molecule has 0 aliphatic carbocycles. The molecule has 128 valence electrons. The number of carboxylic acids is 1. The van der Waals surface area contributed by atoms with Gasteiger partial charge >= 0.3 is 5.97 Å². The predicted octanol–water partition coefficient (Wildman–Crippen LogP) is 4.94. The summed E-state index contributed by atoms with van der Waals surface area (Å²) < 4.78 is 0. The Labute approximate surface area is 150 Å². The number of rotatable bonds is 5. The van der Waals surface area contributed by atoms with Gasteiger partial charge in [-0.3, -0.25) is 5.43 Å². The Hall–Kier alpha value is -3.80. The molecule has 0 fully saturated rings. The number of nitrogens with one attached hydrogen (secondary N) is 1. The zero-order valence-electron chi connectivity index (χ0n) is 13.8. The summed E-state index contributed by atoms with van der Waals surface area (Å²) in [5.41, 5.74) is 4.77. The van der Waals surface area contributed by atoms with Gasteiger partial charge in [0.15, 0.2) is 0 Å². The lowest BCUT2D eigenvalue weighted by Crippen LogP contribution is -2.09. The molecule has 6 nitrogen and oxygen atoms in total. The van der Waals surface area contributed by atoms with E-state index >= 15 is 0 Å². The maximum Gasteiger partial charge on any atom is 0.336 e. The van der Waals surface area contributed by atoms with Crippen LogP contribution in [0.15, 0.2) is 100 Å². The molecule has 0 radical (unpaired) electrons. The highest BCUT2D eigenvalue weighted by atomic mass is 16.4. The van der Waals surface area contributed by atoms with Crippen molar-refractivity contribution in [3.05, 3.63) is 96.1 Å². The Kier molecular flexibility index (Phi) is 5.47. The van der Waals surface area contributed by atoms with Crippen LogP contribution in [0.25, 0.3) is 0 Å². The zero-order valence-corrected chi connectivity index (χ0v) is 13.8. The van der Waals surface area contributed by atoms with E-state index in [4.69, 9.17) is 0 Å². The third-order valence-corrected chi connectivity index (χ3v) is 3.48. The molecule has 0 amide bonds. The van der Waals surface area contributed by atoms with Gasteiger partial charge in [-0.1, -0.05) is 54.6 Å². The SMILES string of the molecule is O=C(O)c1ccccc1/C(N=Nc1ccccc1)=N\Nc1ccccc1. The van der Waals surface area contributed by atoms with Crippen molar-refractivity contribution in [3.8, 4) is 0 Å². The number of amidine groups is 1. The number of carboxylic acid groups (broad SMARTS) is 1. The summed E-state index contributed by atoms with van der Waals surface area (Å²) in [6.45, 7) is 0. The van der Waals surface area contributed by atoms with Crippen LogP contribution in [-0.4, -0.2) is 16.9 Å².